The number of hydrogen-bond acceptors (Lipinski definition) is 1. The molecule has 0 aliphatic rings. The summed E-state index contributed by atoms with van der Waals surface area (Å²) in [7, 11) is 0. The molecule has 0 amide bonds. The molecule has 0 radical (unpaired) electrons. The summed E-state index contributed by atoms with van der Waals surface area (Å²) >= 11 is 0. The molecule has 0 N–H and O–H groups in total. The van der Waals surface area contributed by atoms with Crippen molar-refractivity contribution in [3.8, 4) is 0 Å². The number of aliphatic imine (C=N–C) groups is 2. The first-order chi connectivity index (χ1) is 4.31. The van der Waals surface area contributed by atoms with E-state index in [-0.39, 0.29) is 0 Å². The van der Waals surface area contributed by atoms with E-state index in [2.05, 4.69) is 16.6 Å². The first-order valence-electron chi connectivity index (χ1n) is 2.99. The second-order valence-electron chi connectivity index (χ2n) is 1.57. The lowest BCUT2D eigenvalue weighted by Crippen LogP contribution is -1.72. The van der Waals surface area contributed by atoms with Crippen LogP contribution in [0.2, 0.25) is 0 Å². The third kappa shape index (κ3) is 4.94. The molecule has 0 saturated heterocycles. The van der Waals surface area contributed by atoms with Gasteiger partial charge in [-0.15, -0.1) is 0 Å². The maximum absolute atomic E-state index is 3.92. The van der Waals surface area contributed by atoms with Crippen molar-refractivity contribution < 1.29 is 0 Å². The van der Waals surface area contributed by atoms with Crippen LogP contribution in [-0.2, 0) is 0 Å². The van der Waals surface area contributed by atoms with Gasteiger partial charge in [0.05, 0.1) is 0 Å². The van der Waals surface area contributed by atoms with Gasteiger partial charge in [-0.05, 0) is 13.3 Å². The van der Waals surface area contributed by atoms with E-state index in [1.807, 2.05) is 13.8 Å². The van der Waals surface area contributed by atoms with Crippen LogP contribution in [0, 0.1) is 0 Å². The molecule has 0 fully saturated rings. The standard InChI is InChI=1S/C7H12N2/c1-4-7(3)9-6-8-5-2/h5-6H,3-4H2,1-2H3/b8-5-,9-6-. The van der Waals surface area contributed by atoms with Crippen LogP contribution < -0.4 is 0 Å². The topological polar surface area (TPSA) is 24.7 Å². The van der Waals surface area contributed by atoms with Crippen LogP contribution in [0.4, 0.5) is 0 Å². The van der Waals surface area contributed by atoms with Gasteiger partial charge in [-0.2, -0.15) is 0 Å². The fourth-order valence-corrected chi connectivity index (χ4v) is 0.273. The summed E-state index contributed by atoms with van der Waals surface area (Å²) in [5.74, 6) is 0. The van der Waals surface area contributed by atoms with Crippen molar-refractivity contribution in [2.75, 3.05) is 0 Å². The third-order valence-electron chi connectivity index (χ3n) is 0.864. The van der Waals surface area contributed by atoms with E-state index in [0.717, 1.165) is 12.1 Å². The molecule has 0 unspecified atom stereocenters. The summed E-state index contributed by atoms with van der Waals surface area (Å²) in [6.07, 6.45) is 4.08. The molecule has 0 aliphatic heterocycles. The molecule has 0 aromatic rings. The van der Waals surface area contributed by atoms with Crippen molar-refractivity contribution in [1.29, 1.82) is 0 Å². The second-order valence-corrected chi connectivity index (χ2v) is 1.57. The Morgan fingerprint density at radius 2 is 2.33 bits per heavy atom. The Hall–Kier alpha value is -0.920. The molecule has 2 heteroatoms. The molecule has 50 valence electrons. The van der Waals surface area contributed by atoms with E-state index >= 15 is 0 Å². The first kappa shape index (κ1) is 8.08. The van der Waals surface area contributed by atoms with Gasteiger partial charge in [-0.1, -0.05) is 13.5 Å². The Morgan fingerprint density at radius 1 is 1.67 bits per heavy atom. The molecular formula is C7H12N2. The van der Waals surface area contributed by atoms with E-state index in [0.29, 0.717) is 0 Å². The van der Waals surface area contributed by atoms with Crippen LogP contribution in [0.15, 0.2) is 22.3 Å². The monoisotopic (exact) mass is 124 g/mol. The van der Waals surface area contributed by atoms with Crippen molar-refractivity contribution >= 4 is 12.6 Å². The zero-order valence-electron chi connectivity index (χ0n) is 5.96. The van der Waals surface area contributed by atoms with Gasteiger partial charge >= 0.3 is 0 Å². The van der Waals surface area contributed by atoms with Crippen LogP contribution in [0.1, 0.15) is 20.3 Å². The van der Waals surface area contributed by atoms with Gasteiger partial charge in [0.1, 0.15) is 6.34 Å². The van der Waals surface area contributed by atoms with Crippen molar-refractivity contribution in [3.63, 3.8) is 0 Å². The average molecular weight is 124 g/mol. The van der Waals surface area contributed by atoms with E-state index in [9.17, 15) is 0 Å². The minimum absolute atomic E-state index is 0.862. The molecule has 0 aromatic carbocycles. The molecule has 2 nitrogen and oxygen atoms in total. The van der Waals surface area contributed by atoms with Crippen molar-refractivity contribution in [1.82, 2.24) is 0 Å². The predicted molar refractivity (Wildman–Crippen MR) is 42.1 cm³/mol. The molecule has 9 heavy (non-hydrogen) atoms. The van der Waals surface area contributed by atoms with Gasteiger partial charge in [0.25, 0.3) is 0 Å². The predicted octanol–water partition coefficient (Wildman–Crippen LogP) is 2.03. The Morgan fingerprint density at radius 3 is 2.78 bits per heavy atom. The lowest BCUT2D eigenvalue weighted by atomic mass is 10.4. The summed E-state index contributed by atoms with van der Waals surface area (Å²) in [5.41, 5.74) is 0.862. The Kier molecular flexibility index (Phi) is 4.69. The van der Waals surface area contributed by atoms with E-state index in [1.54, 1.807) is 6.21 Å². The molecule has 0 aliphatic carbocycles. The van der Waals surface area contributed by atoms with Crippen molar-refractivity contribution in [2.45, 2.75) is 20.3 Å². The Labute approximate surface area is 56.0 Å². The van der Waals surface area contributed by atoms with Crippen LogP contribution in [-0.4, -0.2) is 12.6 Å². The van der Waals surface area contributed by atoms with Crippen LogP contribution in [0.25, 0.3) is 0 Å². The van der Waals surface area contributed by atoms with Gasteiger partial charge in [-0.3, -0.25) is 0 Å². The summed E-state index contributed by atoms with van der Waals surface area (Å²) in [4.78, 5) is 7.70. The van der Waals surface area contributed by atoms with E-state index < -0.39 is 0 Å². The number of hydrogen-bond donors (Lipinski definition) is 0. The first-order valence-corrected chi connectivity index (χ1v) is 2.99. The van der Waals surface area contributed by atoms with E-state index in [1.165, 1.54) is 6.34 Å². The number of rotatable bonds is 3. The smallest absolute Gasteiger partial charge is 0.115 e. The minimum Gasteiger partial charge on any atom is -0.250 e. The SMILES string of the molecule is C=C(CC)/N=C\N=C/C. The largest absolute Gasteiger partial charge is 0.250 e. The summed E-state index contributed by atoms with van der Waals surface area (Å²) in [6, 6.07) is 0. The molecule has 0 atom stereocenters. The van der Waals surface area contributed by atoms with Crippen molar-refractivity contribution in [2.24, 2.45) is 9.98 Å². The highest BCUT2D eigenvalue weighted by molar-refractivity contribution is 5.71. The number of allylic oxidation sites excluding steroid dienone is 1. The highest BCUT2D eigenvalue weighted by Crippen LogP contribution is 1.94. The fraction of sp³-hybridized carbons (Fsp3) is 0.429. The third-order valence-corrected chi connectivity index (χ3v) is 0.864. The quantitative estimate of drug-likeness (QED) is 0.406. The summed E-state index contributed by atoms with van der Waals surface area (Å²) in [5, 5.41) is 0. The number of nitrogens with zero attached hydrogens (tertiary/aromatic N) is 2. The molecule has 0 saturated carbocycles. The average Bonchev–Trinajstić information content (AvgIpc) is 1.89. The Bertz CT molecular complexity index is 134. The van der Waals surface area contributed by atoms with Gasteiger partial charge < -0.3 is 0 Å². The second kappa shape index (κ2) is 5.22. The zero-order valence-corrected chi connectivity index (χ0v) is 5.96. The van der Waals surface area contributed by atoms with Gasteiger partial charge in [0, 0.05) is 11.9 Å². The molecule has 0 bridgehead atoms. The molecular weight excluding hydrogens is 112 g/mol. The Balaban J connectivity index is 3.57. The van der Waals surface area contributed by atoms with Crippen molar-refractivity contribution in [3.05, 3.63) is 12.3 Å². The fourth-order valence-electron chi connectivity index (χ4n) is 0.273. The maximum Gasteiger partial charge on any atom is 0.115 e. The van der Waals surface area contributed by atoms with E-state index in [4.69, 9.17) is 0 Å². The molecule has 0 heterocycles. The van der Waals surface area contributed by atoms with Gasteiger partial charge in [-0.25, -0.2) is 9.98 Å². The van der Waals surface area contributed by atoms with Crippen LogP contribution in [0.3, 0.4) is 0 Å². The summed E-state index contributed by atoms with van der Waals surface area (Å²) < 4.78 is 0. The molecule has 0 rings (SSSR count). The van der Waals surface area contributed by atoms with Crippen LogP contribution in [0.5, 0.6) is 0 Å². The zero-order chi connectivity index (χ0) is 7.11. The van der Waals surface area contributed by atoms with Gasteiger partial charge in [0.15, 0.2) is 0 Å². The highest BCUT2D eigenvalue weighted by Gasteiger charge is 1.77. The molecule has 0 aromatic heterocycles. The van der Waals surface area contributed by atoms with Gasteiger partial charge in [0.2, 0.25) is 0 Å². The maximum atomic E-state index is 3.92. The van der Waals surface area contributed by atoms with Crippen LogP contribution >= 0.6 is 0 Å². The highest BCUT2D eigenvalue weighted by atomic mass is 14.8. The lowest BCUT2D eigenvalue weighted by molar-refractivity contribution is 1.08. The summed E-state index contributed by atoms with van der Waals surface area (Å²) in [6.45, 7) is 7.53. The molecule has 0 spiro atoms. The normalized spacial score (nSPS) is 11.3. The lowest BCUT2D eigenvalue weighted by Gasteiger charge is -1.86. The minimum atomic E-state index is 0.862.